The van der Waals surface area contributed by atoms with E-state index < -0.39 is 0 Å². The third-order valence-corrected chi connectivity index (χ3v) is 12.1. The minimum Gasteiger partial charge on any atom is -0.373 e. The predicted octanol–water partition coefficient (Wildman–Crippen LogP) is 7.15. The van der Waals surface area contributed by atoms with Crippen LogP contribution >= 0.6 is 0 Å². The number of fused-ring (bicyclic) bond motifs is 12. The van der Waals surface area contributed by atoms with E-state index in [9.17, 15) is 0 Å². The highest BCUT2D eigenvalue weighted by molar-refractivity contribution is 5.74. The van der Waals surface area contributed by atoms with E-state index in [0.29, 0.717) is 41.6 Å². The SMILES string of the molecule is C1=CC2c3nc(C4CC=CC5C4OC4CCCCC4C54C5C=CC=CC5C5C=CCCC54)ncc3C=CC2N=C1. The van der Waals surface area contributed by atoms with Gasteiger partial charge >= 0.3 is 0 Å². The molecule has 3 heterocycles. The summed E-state index contributed by atoms with van der Waals surface area (Å²) in [5.74, 6) is 4.98. The lowest BCUT2D eigenvalue weighted by Crippen LogP contribution is -2.62. The van der Waals surface area contributed by atoms with Gasteiger partial charge < -0.3 is 4.74 Å². The predicted molar refractivity (Wildman–Crippen MR) is 159 cm³/mol. The number of aliphatic imine (C=N–C) groups is 1. The van der Waals surface area contributed by atoms with E-state index in [-0.39, 0.29) is 29.4 Å². The molecule has 40 heavy (non-hydrogen) atoms. The van der Waals surface area contributed by atoms with Crippen molar-refractivity contribution in [2.24, 2.45) is 45.9 Å². The maximum atomic E-state index is 7.32. The number of rotatable bonds is 1. The average Bonchev–Trinajstić information content (AvgIpc) is 3.32. The summed E-state index contributed by atoms with van der Waals surface area (Å²) in [4.78, 5) is 15.1. The quantitative estimate of drug-likeness (QED) is 0.363. The molecule has 2 aliphatic heterocycles. The standard InChI is InChI=1S/C36H39N3O/c1-3-13-27-23(9-1)24-10-2-4-14-28(24)36(27)29-15-5-6-17-32(29)40-34-26(11-7-16-30(34)36)35-38-21-22-18-19-31-25(33(22)39-35)12-8-20-37-31/h1-3,7-10,12-13,16,18-21,23-32,34H,4-6,11,14-15,17H2. The van der Waals surface area contributed by atoms with Crippen molar-refractivity contribution in [3.63, 3.8) is 0 Å². The van der Waals surface area contributed by atoms with Gasteiger partial charge in [0, 0.05) is 35.7 Å². The second-order valence-corrected chi connectivity index (χ2v) is 13.5. The highest BCUT2D eigenvalue weighted by atomic mass is 16.5. The van der Waals surface area contributed by atoms with Crippen LogP contribution in [0.4, 0.5) is 0 Å². The van der Waals surface area contributed by atoms with Crippen molar-refractivity contribution in [3.8, 4) is 0 Å². The molecule has 4 nitrogen and oxygen atoms in total. The fourth-order valence-corrected chi connectivity index (χ4v) is 10.7. The minimum absolute atomic E-state index is 0.141. The van der Waals surface area contributed by atoms with Crippen LogP contribution in [0.3, 0.4) is 0 Å². The van der Waals surface area contributed by atoms with Crippen molar-refractivity contribution >= 4 is 12.3 Å². The smallest absolute Gasteiger partial charge is 0.134 e. The van der Waals surface area contributed by atoms with Crippen LogP contribution in [0.1, 0.15) is 73.9 Å². The summed E-state index contributed by atoms with van der Waals surface area (Å²) in [6.45, 7) is 0. The molecule has 12 atom stereocenters. The van der Waals surface area contributed by atoms with Crippen LogP contribution < -0.4 is 0 Å². The van der Waals surface area contributed by atoms with Crippen LogP contribution in [-0.4, -0.2) is 34.4 Å². The van der Waals surface area contributed by atoms with Gasteiger partial charge in [-0.1, -0.05) is 79.7 Å². The van der Waals surface area contributed by atoms with E-state index in [1.807, 2.05) is 6.21 Å². The molecule has 0 amide bonds. The summed E-state index contributed by atoms with van der Waals surface area (Å²) in [5.41, 5.74) is 2.52. The van der Waals surface area contributed by atoms with E-state index in [0.717, 1.165) is 23.5 Å². The molecule has 0 N–H and O–H groups in total. The Bertz CT molecular complexity index is 1410. The Morgan fingerprint density at radius 2 is 1.77 bits per heavy atom. The molecule has 1 saturated heterocycles. The minimum atomic E-state index is 0.141. The van der Waals surface area contributed by atoms with Gasteiger partial charge in [0.1, 0.15) is 5.82 Å². The summed E-state index contributed by atoms with van der Waals surface area (Å²) in [7, 11) is 0. The first-order chi connectivity index (χ1) is 19.8. The number of allylic oxidation sites excluding steroid dienone is 8. The summed E-state index contributed by atoms with van der Waals surface area (Å²) >= 11 is 0. The van der Waals surface area contributed by atoms with Crippen LogP contribution in [0, 0.1) is 40.9 Å². The van der Waals surface area contributed by atoms with Crippen LogP contribution in [0.5, 0.6) is 0 Å². The lowest BCUT2D eigenvalue weighted by atomic mass is 9.47. The maximum absolute atomic E-state index is 7.32. The van der Waals surface area contributed by atoms with Crippen molar-refractivity contribution in [3.05, 3.63) is 90.1 Å². The van der Waals surface area contributed by atoms with Crippen LogP contribution in [0.2, 0.25) is 0 Å². The number of dihydropyridines is 1. The van der Waals surface area contributed by atoms with Crippen LogP contribution in [0.25, 0.3) is 6.08 Å². The second-order valence-electron chi connectivity index (χ2n) is 13.5. The first-order valence-corrected chi connectivity index (χ1v) is 15.9. The van der Waals surface area contributed by atoms with E-state index in [1.165, 1.54) is 38.5 Å². The molecule has 3 fully saturated rings. The Morgan fingerprint density at radius 1 is 0.825 bits per heavy atom. The number of aromatic nitrogens is 2. The summed E-state index contributed by atoms with van der Waals surface area (Å²) in [6, 6.07) is 0.148. The molecule has 4 heteroatoms. The van der Waals surface area contributed by atoms with Gasteiger partial charge in [0.2, 0.25) is 0 Å². The molecule has 0 radical (unpaired) electrons. The van der Waals surface area contributed by atoms with Gasteiger partial charge in [-0.05, 0) is 73.2 Å². The molecule has 1 aromatic rings. The average molecular weight is 530 g/mol. The first kappa shape index (κ1) is 23.8. The Hall–Kier alpha value is -2.85. The lowest BCUT2D eigenvalue weighted by Gasteiger charge is -2.62. The number of hydrogen-bond acceptors (Lipinski definition) is 4. The van der Waals surface area contributed by atoms with Gasteiger partial charge in [0.25, 0.3) is 0 Å². The van der Waals surface area contributed by atoms with Crippen molar-refractivity contribution in [2.45, 2.75) is 75.0 Å². The van der Waals surface area contributed by atoms with Gasteiger partial charge in [0.05, 0.1) is 23.9 Å². The molecule has 0 bridgehead atoms. The topological polar surface area (TPSA) is 47.4 Å². The number of nitrogens with zero attached hydrogens (tertiary/aromatic N) is 3. The zero-order valence-corrected chi connectivity index (χ0v) is 23.1. The molecule has 1 aromatic heterocycles. The normalized spacial score (nSPS) is 46.9. The van der Waals surface area contributed by atoms with Gasteiger partial charge in [-0.3, -0.25) is 4.99 Å². The lowest BCUT2D eigenvalue weighted by molar-refractivity contribution is -0.220. The van der Waals surface area contributed by atoms with Gasteiger partial charge in [-0.25, -0.2) is 9.97 Å². The van der Waals surface area contributed by atoms with E-state index in [2.05, 4.69) is 79.1 Å². The summed E-state index contributed by atoms with van der Waals surface area (Å²) in [5, 5.41) is 0. The summed E-state index contributed by atoms with van der Waals surface area (Å²) in [6.07, 6.45) is 41.8. The number of ether oxygens (including phenoxy) is 1. The molecule has 9 rings (SSSR count). The van der Waals surface area contributed by atoms with Crippen molar-refractivity contribution < 1.29 is 4.74 Å². The second kappa shape index (κ2) is 9.08. The molecule has 6 aliphatic carbocycles. The molecular weight excluding hydrogens is 490 g/mol. The zero-order valence-electron chi connectivity index (χ0n) is 23.1. The van der Waals surface area contributed by atoms with Gasteiger partial charge in [-0.15, -0.1) is 0 Å². The fraction of sp³-hybridized carbons (Fsp3) is 0.528. The Labute approximate surface area is 237 Å². The molecular formula is C36H39N3O. The first-order valence-electron chi connectivity index (χ1n) is 15.9. The third-order valence-electron chi connectivity index (χ3n) is 12.1. The Kier molecular flexibility index (Phi) is 5.40. The molecule has 1 spiro atoms. The highest BCUT2D eigenvalue weighted by Crippen LogP contribution is 2.71. The van der Waals surface area contributed by atoms with Crippen molar-refractivity contribution in [2.75, 3.05) is 0 Å². The van der Waals surface area contributed by atoms with Crippen LogP contribution in [-0.2, 0) is 4.74 Å². The molecule has 12 unspecified atom stereocenters. The van der Waals surface area contributed by atoms with Crippen LogP contribution in [0.15, 0.2) is 78.0 Å². The highest BCUT2D eigenvalue weighted by Gasteiger charge is 2.69. The molecule has 8 aliphatic rings. The number of hydrogen-bond donors (Lipinski definition) is 0. The monoisotopic (exact) mass is 529 g/mol. The molecule has 204 valence electrons. The third kappa shape index (κ3) is 3.20. The maximum Gasteiger partial charge on any atom is 0.134 e. The van der Waals surface area contributed by atoms with E-state index >= 15 is 0 Å². The van der Waals surface area contributed by atoms with Gasteiger partial charge in [0.15, 0.2) is 0 Å². The van der Waals surface area contributed by atoms with Crippen molar-refractivity contribution in [1.29, 1.82) is 0 Å². The van der Waals surface area contributed by atoms with Crippen molar-refractivity contribution in [1.82, 2.24) is 9.97 Å². The molecule has 0 aromatic carbocycles. The fourth-order valence-electron chi connectivity index (χ4n) is 10.7. The Morgan fingerprint density at radius 3 is 2.77 bits per heavy atom. The summed E-state index contributed by atoms with van der Waals surface area (Å²) < 4.78 is 7.32. The zero-order chi connectivity index (χ0) is 26.3. The molecule has 2 saturated carbocycles. The van der Waals surface area contributed by atoms with Gasteiger partial charge in [-0.2, -0.15) is 0 Å². The van der Waals surface area contributed by atoms with E-state index in [1.54, 1.807) is 0 Å². The largest absolute Gasteiger partial charge is 0.373 e. The Balaban J connectivity index is 1.17. The van der Waals surface area contributed by atoms with E-state index in [4.69, 9.17) is 19.7 Å².